The quantitative estimate of drug-likeness (QED) is 0.608. The highest BCUT2D eigenvalue weighted by Gasteiger charge is 2.49. The summed E-state index contributed by atoms with van der Waals surface area (Å²) in [5.74, 6) is -0.651. The third kappa shape index (κ3) is 2.97. The first kappa shape index (κ1) is 12.8. The van der Waals surface area contributed by atoms with Gasteiger partial charge in [-0.25, -0.2) is 0 Å². The first-order valence-corrected chi connectivity index (χ1v) is 6.20. The van der Waals surface area contributed by atoms with E-state index in [0.717, 1.165) is 0 Å². The van der Waals surface area contributed by atoms with E-state index >= 15 is 0 Å². The van der Waals surface area contributed by atoms with Crippen LogP contribution < -0.4 is 0 Å². The predicted octanol–water partition coefficient (Wildman–Crippen LogP) is 2.85. The lowest BCUT2D eigenvalue weighted by Gasteiger charge is -2.19. The third-order valence-electron chi connectivity index (χ3n) is 2.90. The summed E-state index contributed by atoms with van der Waals surface area (Å²) in [5.41, 5.74) is 0.188. The minimum absolute atomic E-state index is 0.0476. The Bertz CT molecular complexity index is 456. The predicted molar refractivity (Wildman–Crippen MR) is 68.2 cm³/mol. The lowest BCUT2D eigenvalue weighted by molar-refractivity contribution is -0.156. The lowest BCUT2D eigenvalue weighted by Crippen LogP contribution is -2.25. The van der Waals surface area contributed by atoms with Crippen molar-refractivity contribution in [1.29, 1.82) is 0 Å². The van der Waals surface area contributed by atoms with Gasteiger partial charge in [-0.15, -0.1) is 0 Å². The van der Waals surface area contributed by atoms with Crippen LogP contribution in [0.4, 0.5) is 0 Å². The Morgan fingerprint density at radius 1 is 1.11 bits per heavy atom. The van der Waals surface area contributed by atoms with Crippen molar-refractivity contribution in [2.24, 2.45) is 11.8 Å². The number of Topliss-reactive ketones (excluding diaryl/α,β-unsaturated/α-hetero) is 1. The summed E-state index contributed by atoms with van der Waals surface area (Å²) >= 11 is 0. The molecular weight excluding hydrogens is 228 g/mol. The largest absolute Gasteiger partial charge is 0.460 e. The van der Waals surface area contributed by atoms with Crippen LogP contribution in [0, 0.1) is 11.8 Å². The summed E-state index contributed by atoms with van der Waals surface area (Å²) in [4.78, 5) is 23.9. The van der Waals surface area contributed by atoms with Gasteiger partial charge in [0, 0.05) is 11.5 Å². The minimum atomic E-state index is -0.486. The van der Waals surface area contributed by atoms with Crippen LogP contribution in [0.15, 0.2) is 30.3 Å². The third-order valence-corrected chi connectivity index (χ3v) is 2.90. The van der Waals surface area contributed by atoms with Crippen LogP contribution in [0.1, 0.15) is 37.6 Å². The monoisotopic (exact) mass is 246 g/mol. The second kappa shape index (κ2) is 4.56. The Kier molecular flexibility index (Phi) is 3.24. The van der Waals surface area contributed by atoms with E-state index in [2.05, 4.69) is 0 Å². The first-order chi connectivity index (χ1) is 8.38. The Hall–Kier alpha value is -1.64. The zero-order valence-electron chi connectivity index (χ0n) is 11.0. The Labute approximate surface area is 107 Å². The van der Waals surface area contributed by atoms with Gasteiger partial charge < -0.3 is 4.74 Å². The van der Waals surface area contributed by atoms with E-state index in [-0.39, 0.29) is 23.6 Å². The number of benzene rings is 1. The van der Waals surface area contributed by atoms with Crippen LogP contribution in [-0.2, 0) is 9.53 Å². The molecule has 0 spiro atoms. The van der Waals surface area contributed by atoms with Crippen molar-refractivity contribution in [3.8, 4) is 0 Å². The molecule has 1 fully saturated rings. The number of ketones is 1. The standard InChI is InChI=1S/C15H18O3/c1-15(2,3)18-14(17)12-9-11(12)13(16)10-7-5-4-6-8-10/h4-8,11-12H,9H2,1-3H3. The fraction of sp³-hybridized carbons (Fsp3) is 0.467. The van der Waals surface area contributed by atoms with Gasteiger partial charge in [0.05, 0.1) is 5.92 Å². The number of ether oxygens (including phenoxy) is 1. The molecule has 0 aliphatic heterocycles. The summed E-state index contributed by atoms with van der Waals surface area (Å²) in [6, 6.07) is 9.10. The molecule has 1 aliphatic carbocycles. The second-order valence-corrected chi connectivity index (χ2v) is 5.71. The average molecular weight is 246 g/mol. The molecule has 1 aromatic rings. The number of esters is 1. The Morgan fingerprint density at radius 2 is 1.72 bits per heavy atom. The van der Waals surface area contributed by atoms with Crippen LogP contribution in [0.5, 0.6) is 0 Å². The maximum absolute atomic E-state index is 12.1. The van der Waals surface area contributed by atoms with Crippen LogP contribution in [-0.4, -0.2) is 17.4 Å². The van der Waals surface area contributed by atoms with Gasteiger partial charge in [-0.2, -0.15) is 0 Å². The van der Waals surface area contributed by atoms with Gasteiger partial charge in [0.1, 0.15) is 5.60 Å². The highest BCUT2D eigenvalue weighted by molar-refractivity contribution is 6.02. The van der Waals surface area contributed by atoms with Crippen molar-refractivity contribution in [2.45, 2.75) is 32.8 Å². The lowest BCUT2D eigenvalue weighted by atomic mass is 10.1. The summed E-state index contributed by atoms with van der Waals surface area (Å²) < 4.78 is 5.29. The zero-order valence-corrected chi connectivity index (χ0v) is 11.0. The smallest absolute Gasteiger partial charge is 0.310 e. The van der Waals surface area contributed by atoms with E-state index in [9.17, 15) is 9.59 Å². The van der Waals surface area contributed by atoms with Crippen LogP contribution in [0.2, 0.25) is 0 Å². The molecule has 1 aliphatic rings. The summed E-state index contributed by atoms with van der Waals surface area (Å²) in [5, 5.41) is 0. The van der Waals surface area contributed by atoms with E-state index < -0.39 is 5.60 Å². The molecule has 1 saturated carbocycles. The van der Waals surface area contributed by atoms with Crippen molar-refractivity contribution in [1.82, 2.24) is 0 Å². The van der Waals surface area contributed by atoms with E-state index in [0.29, 0.717) is 12.0 Å². The van der Waals surface area contributed by atoms with Gasteiger partial charge in [-0.05, 0) is 27.2 Å². The average Bonchev–Trinajstić information content (AvgIpc) is 3.07. The van der Waals surface area contributed by atoms with Gasteiger partial charge in [0.25, 0.3) is 0 Å². The maximum Gasteiger partial charge on any atom is 0.310 e. The van der Waals surface area contributed by atoms with Crippen molar-refractivity contribution in [3.05, 3.63) is 35.9 Å². The molecule has 2 unspecified atom stereocenters. The highest BCUT2D eigenvalue weighted by atomic mass is 16.6. The van der Waals surface area contributed by atoms with Crippen molar-refractivity contribution in [2.75, 3.05) is 0 Å². The van der Waals surface area contributed by atoms with E-state index in [4.69, 9.17) is 4.74 Å². The van der Waals surface area contributed by atoms with Gasteiger partial charge >= 0.3 is 5.97 Å². The number of carbonyl (C=O) groups is 2. The minimum Gasteiger partial charge on any atom is -0.460 e. The highest BCUT2D eigenvalue weighted by Crippen LogP contribution is 2.42. The Morgan fingerprint density at radius 3 is 2.28 bits per heavy atom. The fourth-order valence-corrected chi connectivity index (χ4v) is 1.94. The molecule has 18 heavy (non-hydrogen) atoms. The maximum atomic E-state index is 12.1. The molecule has 0 amide bonds. The topological polar surface area (TPSA) is 43.4 Å². The molecule has 3 heteroatoms. The normalized spacial score (nSPS) is 22.4. The molecule has 0 bridgehead atoms. The first-order valence-electron chi connectivity index (χ1n) is 6.20. The second-order valence-electron chi connectivity index (χ2n) is 5.71. The molecule has 0 aromatic heterocycles. The van der Waals surface area contributed by atoms with Gasteiger partial charge in [-0.1, -0.05) is 30.3 Å². The molecular formula is C15H18O3. The number of hydrogen-bond donors (Lipinski definition) is 0. The van der Waals surface area contributed by atoms with E-state index in [1.54, 1.807) is 12.1 Å². The van der Waals surface area contributed by atoms with Gasteiger partial charge in [0.15, 0.2) is 5.78 Å². The van der Waals surface area contributed by atoms with Gasteiger partial charge in [0.2, 0.25) is 0 Å². The van der Waals surface area contributed by atoms with Crippen molar-refractivity contribution < 1.29 is 14.3 Å². The molecule has 2 rings (SSSR count). The SMILES string of the molecule is CC(C)(C)OC(=O)C1CC1C(=O)c1ccccc1. The van der Waals surface area contributed by atoms with Crippen LogP contribution >= 0.6 is 0 Å². The van der Waals surface area contributed by atoms with Crippen molar-refractivity contribution in [3.63, 3.8) is 0 Å². The summed E-state index contributed by atoms with van der Waals surface area (Å²) in [6.07, 6.45) is 0.614. The molecule has 0 saturated heterocycles. The molecule has 2 atom stereocenters. The molecule has 1 aromatic carbocycles. The van der Waals surface area contributed by atoms with Crippen molar-refractivity contribution >= 4 is 11.8 Å². The van der Waals surface area contributed by atoms with Crippen LogP contribution in [0.3, 0.4) is 0 Å². The van der Waals surface area contributed by atoms with Gasteiger partial charge in [-0.3, -0.25) is 9.59 Å². The van der Waals surface area contributed by atoms with E-state index in [1.807, 2.05) is 39.0 Å². The number of rotatable bonds is 3. The molecule has 96 valence electrons. The molecule has 0 radical (unpaired) electrons. The molecule has 0 N–H and O–H groups in total. The van der Waals surface area contributed by atoms with E-state index in [1.165, 1.54) is 0 Å². The number of carbonyl (C=O) groups excluding carboxylic acids is 2. The summed E-state index contributed by atoms with van der Waals surface area (Å²) in [6.45, 7) is 5.50. The van der Waals surface area contributed by atoms with Crippen LogP contribution in [0.25, 0.3) is 0 Å². The Balaban J connectivity index is 1.96. The molecule has 0 heterocycles. The zero-order chi connectivity index (χ0) is 13.3. The number of hydrogen-bond acceptors (Lipinski definition) is 3. The summed E-state index contributed by atoms with van der Waals surface area (Å²) in [7, 11) is 0. The molecule has 3 nitrogen and oxygen atoms in total. The fourth-order valence-electron chi connectivity index (χ4n) is 1.94.